The fourth-order valence-corrected chi connectivity index (χ4v) is 4.04. The number of pyridine rings is 1. The van der Waals surface area contributed by atoms with Crippen molar-refractivity contribution < 1.29 is 4.79 Å². The molecule has 27 heavy (non-hydrogen) atoms. The number of nitrogens with zero attached hydrogens (tertiary/aromatic N) is 4. The lowest BCUT2D eigenvalue weighted by Gasteiger charge is -2.25. The number of nitrogens with one attached hydrogen (secondary N) is 2. The third-order valence-corrected chi connectivity index (χ3v) is 5.51. The predicted molar refractivity (Wildman–Crippen MR) is 103 cm³/mol. The molecule has 2 aromatic rings. The van der Waals surface area contributed by atoms with Gasteiger partial charge in [0.2, 0.25) is 0 Å². The number of carbonyl (C=O) groups excluding carboxylic acids is 1. The van der Waals surface area contributed by atoms with E-state index in [1.165, 1.54) is 5.56 Å². The minimum Gasteiger partial charge on any atom is -0.317 e. The zero-order chi connectivity index (χ0) is 19.2. The Morgan fingerprint density at radius 3 is 2.59 bits per heavy atom. The van der Waals surface area contributed by atoms with Crippen molar-refractivity contribution in [3.05, 3.63) is 35.4 Å². The highest BCUT2D eigenvalue weighted by Gasteiger charge is 2.31. The number of carbonyl (C=O) groups is 1. The molecule has 0 saturated carbocycles. The van der Waals surface area contributed by atoms with Crippen LogP contribution in [0.25, 0.3) is 0 Å². The maximum absolute atomic E-state index is 12.4. The van der Waals surface area contributed by atoms with Gasteiger partial charge >= 0.3 is 0 Å². The second-order valence-corrected chi connectivity index (χ2v) is 8.03. The molecule has 2 atom stereocenters. The lowest BCUT2D eigenvalue weighted by Crippen LogP contribution is -2.27. The number of aromatic amines is 1. The molecule has 146 valence electrons. The van der Waals surface area contributed by atoms with Crippen LogP contribution in [0.4, 0.5) is 0 Å². The monoisotopic (exact) mass is 370 g/mol. The maximum Gasteiger partial charge on any atom is 0.178 e. The number of tetrazole rings is 1. The quantitative estimate of drug-likeness (QED) is 0.741. The number of Topliss-reactive ketones (excluding diaryl/α,β-unsaturated/α-hetero) is 1. The molecule has 2 N–H and O–H groups in total. The zero-order valence-corrected chi connectivity index (χ0v) is 16.5. The van der Waals surface area contributed by atoms with Gasteiger partial charge in [0.05, 0.1) is 0 Å². The van der Waals surface area contributed by atoms with Crippen LogP contribution in [-0.2, 0) is 11.2 Å². The van der Waals surface area contributed by atoms with Crippen molar-refractivity contribution in [2.24, 2.45) is 11.8 Å². The molecule has 0 aromatic carbocycles. The van der Waals surface area contributed by atoms with Gasteiger partial charge in [0, 0.05) is 30.1 Å². The highest BCUT2D eigenvalue weighted by atomic mass is 16.1. The first-order chi connectivity index (χ1) is 13.0. The van der Waals surface area contributed by atoms with Crippen molar-refractivity contribution in [3.8, 4) is 0 Å². The smallest absolute Gasteiger partial charge is 0.178 e. The first-order valence-corrected chi connectivity index (χ1v) is 9.94. The van der Waals surface area contributed by atoms with Crippen LogP contribution in [-0.4, -0.2) is 44.5 Å². The number of ketones is 1. The van der Waals surface area contributed by atoms with E-state index in [1.54, 1.807) is 6.92 Å². The van der Waals surface area contributed by atoms with Gasteiger partial charge in [-0.05, 0) is 62.7 Å². The Morgan fingerprint density at radius 2 is 2.04 bits per heavy atom. The Bertz CT molecular complexity index is 707. The minimum absolute atomic E-state index is 0.110. The second kappa shape index (κ2) is 9.17. The van der Waals surface area contributed by atoms with E-state index in [4.69, 9.17) is 4.98 Å². The Kier molecular flexibility index (Phi) is 6.66. The highest BCUT2D eigenvalue weighted by molar-refractivity contribution is 5.79. The molecular formula is C20H30N6O. The van der Waals surface area contributed by atoms with E-state index < -0.39 is 0 Å². The minimum atomic E-state index is -0.131. The van der Waals surface area contributed by atoms with Gasteiger partial charge in [-0.1, -0.05) is 25.1 Å². The first kappa shape index (κ1) is 19.6. The van der Waals surface area contributed by atoms with Crippen LogP contribution >= 0.6 is 0 Å². The molecule has 0 unspecified atom stereocenters. The third-order valence-electron chi connectivity index (χ3n) is 5.51. The average molecular weight is 371 g/mol. The average Bonchev–Trinajstić information content (AvgIpc) is 3.20. The number of rotatable bonds is 8. The van der Waals surface area contributed by atoms with Crippen LogP contribution in [0.15, 0.2) is 18.3 Å². The van der Waals surface area contributed by atoms with Crippen molar-refractivity contribution in [3.63, 3.8) is 0 Å². The molecule has 0 radical (unpaired) electrons. The normalized spacial score (nSPS) is 17.8. The van der Waals surface area contributed by atoms with Crippen LogP contribution in [0.2, 0.25) is 0 Å². The van der Waals surface area contributed by atoms with Gasteiger partial charge in [0.1, 0.15) is 5.78 Å². The van der Waals surface area contributed by atoms with Gasteiger partial charge < -0.3 is 5.32 Å². The summed E-state index contributed by atoms with van der Waals surface area (Å²) in [6.07, 6.45) is 5.77. The summed E-state index contributed by atoms with van der Waals surface area (Å²) < 4.78 is 0. The summed E-state index contributed by atoms with van der Waals surface area (Å²) in [5.41, 5.74) is 2.28. The van der Waals surface area contributed by atoms with E-state index in [0.29, 0.717) is 24.1 Å². The summed E-state index contributed by atoms with van der Waals surface area (Å²) in [4.78, 5) is 17.1. The molecule has 2 aromatic heterocycles. The Balaban J connectivity index is 1.78. The molecule has 0 spiro atoms. The highest BCUT2D eigenvalue weighted by Crippen LogP contribution is 2.32. The molecule has 0 aliphatic carbocycles. The van der Waals surface area contributed by atoms with Crippen molar-refractivity contribution in [1.82, 2.24) is 30.9 Å². The molecule has 1 aliphatic rings. The van der Waals surface area contributed by atoms with Crippen molar-refractivity contribution >= 4 is 5.78 Å². The van der Waals surface area contributed by atoms with Gasteiger partial charge in [-0.3, -0.25) is 9.78 Å². The van der Waals surface area contributed by atoms with Gasteiger partial charge in [-0.15, -0.1) is 10.2 Å². The van der Waals surface area contributed by atoms with Crippen LogP contribution in [0.3, 0.4) is 0 Å². The number of aromatic nitrogens is 5. The zero-order valence-electron chi connectivity index (χ0n) is 16.5. The summed E-state index contributed by atoms with van der Waals surface area (Å²) in [5, 5.41) is 18.0. The standard InChI is InChI=1S/C20H30N6O/c1-13(2)10-18(14(3)27)19(20-23-25-26-24-20)11-17-5-4-16(12-22-17)15-6-8-21-9-7-15/h4-5,12-13,15,18-19,21H,6-11H2,1-3H3,(H,23,24,25,26)/t18-,19+/m1/s1. The van der Waals surface area contributed by atoms with Crippen molar-refractivity contribution in [2.45, 2.75) is 58.3 Å². The van der Waals surface area contributed by atoms with Gasteiger partial charge in [0.15, 0.2) is 5.82 Å². The topological polar surface area (TPSA) is 96.5 Å². The van der Waals surface area contributed by atoms with Crippen LogP contribution in [0.1, 0.15) is 69.0 Å². The fourth-order valence-electron chi connectivity index (χ4n) is 4.04. The summed E-state index contributed by atoms with van der Waals surface area (Å²) >= 11 is 0. The van der Waals surface area contributed by atoms with Gasteiger partial charge in [0.25, 0.3) is 0 Å². The van der Waals surface area contributed by atoms with Crippen molar-refractivity contribution in [2.75, 3.05) is 13.1 Å². The summed E-state index contributed by atoms with van der Waals surface area (Å²) in [6.45, 7) is 8.07. The van der Waals surface area contributed by atoms with E-state index in [0.717, 1.165) is 38.0 Å². The number of hydrogen-bond acceptors (Lipinski definition) is 6. The summed E-state index contributed by atoms with van der Waals surface area (Å²) in [7, 11) is 0. The van der Waals surface area contributed by atoms with E-state index in [1.807, 2.05) is 6.20 Å². The van der Waals surface area contributed by atoms with E-state index >= 15 is 0 Å². The molecule has 7 nitrogen and oxygen atoms in total. The van der Waals surface area contributed by atoms with E-state index in [-0.39, 0.29) is 17.6 Å². The molecule has 3 heterocycles. The molecule has 0 bridgehead atoms. The molecule has 3 rings (SSSR count). The number of piperidine rings is 1. The second-order valence-electron chi connectivity index (χ2n) is 8.03. The summed E-state index contributed by atoms with van der Waals surface area (Å²) in [5.74, 6) is 1.54. The lowest BCUT2D eigenvalue weighted by molar-refractivity contribution is -0.122. The largest absolute Gasteiger partial charge is 0.317 e. The Hall–Kier alpha value is -2.15. The number of H-pyrrole nitrogens is 1. The number of hydrogen-bond donors (Lipinski definition) is 2. The van der Waals surface area contributed by atoms with Crippen LogP contribution < -0.4 is 5.32 Å². The lowest BCUT2D eigenvalue weighted by atomic mass is 9.79. The third kappa shape index (κ3) is 5.19. The van der Waals surface area contributed by atoms with Gasteiger partial charge in [-0.25, -0.2) is 0 Å². The Labute approximate surface area is 160 Å². The molecule has 1 aliphatic heterocycles. The van der Waals surface area contributed by atoms with E-state index in [9.17, 15) is 4.79 Å². The van der Waals surface area contributed by atoms with Crippen molar-refractivity contribution in [1.29, 1.82) is 0 Å². The van der Waals surface area contributed by atoms with Crippen LogP contribution in [0, 0.1) is 11.8 Å². The molecule has 7 heteroatoms. The molecule has 1 saturated heterocycles. The SMILES string of the molecule is CC(=O)[C@@H](CC(C)C)[C@H](Cc1ccc(C2CCNCC2)cn1)c1nn[nH]n1. The Morgan fingerprint density at radius 1 is 1.26 bits per heavy atom. The molecule has 1 fully saturated rings. The maximum atomic E-state index is 12.4. The van der Waals surface area contributed by atoms with E-state index in [2.05, 4.69) is 51.9 Å². The molecule has 0 amide bonds. The predicted octanol–water partition coefficient (Wildman–Crippen LogP) is 2.64. The van der Waals surface area contributed by atoms with Gasteiger partial charge in [-0.2, -0.15) is 5.21 Å². The first-order valence-electron chi connectivity index (χ1n) is 9.94. The fraction of sp³-hybridized carbons (Fsp3) is 0.650. The van der Waals surface area contributed by atoms with Crippen LogP contribution in [0.5, 0.6) is 0 Å². The molecular weight excluding hydrogens is 340 g/mol. The summed E-state index contributed by atoms with van der Waals surface area (Å²) in [6, 6.07) is 4.29.